The van der Waals surface area contributed by atoms with E-state index < -0.39 is 17.6 Å². The zero-order valence-electron chi connectivity index (χ0n) is 12.0. The van der Waals surface area contributed by atoms with Crippen molar-refractivity contribution in [2.45, 2.75) is 24.9 Å². The molecule has 9 heteroatoms. The van der Waals surface area contributed by atoms with Gasteiger partial charge in [0.1, 0.15) is 0 Å². The molecule has 0 bridgehead atoms. The Hall–Kier alpha value is 0.814. The highest BCUT2D eigenvalue weighted by molar-refractivity contribution is 6.75. The number of halogens is 2. The topological polar surface area (TPSA) is 46.2 Å². The van der Waals surface area contributed by atoms with Crippen LogP contribution < -0.4 is 0 Å². The number of hydrogen-bond donors (Lipinski definition) is 0. The van der Waals surface area contributed by atoms with Crippen LogP contribution in [0.2, 0.25) is 12.1 Å². The Morgan fingerprint density at radius 3 is 1.21 bits per heavy atom. The molecule has 0 saturated carbocycles. The summed E-state index contributed by atoms with van der Waals surface area (Å²) in [5.41, 5.74) is 0. The second-order valence-electron chi connectivity index (χ2n) is 3.87. The maximum absolute atomic E-state index is 6.10. The van der Waals surface area contributed by atoms with Crippen molar-refractivity contribution in [3.63, 3.8) is 0 Å². The van der Waals surface area contributed by atoms with E-state index in [1.165, 1.54) is 0 Å². The van der Waals surface area contributed by atoms with Crippen LogP contribution in [0.5, 0.6) is 0 Å². The Morgan fingerprint density at radius 1 is 0.684 bits per heavy atom. The summed E-state index contributed by atoms with van der Waals surface area (Å²) in [6.45, 7) is 0. The molecule has 0 heterocycles. The second-order valence-corrected chi connectivity index (χ2v) is 10.8. The third-order valence-electron chi connectivity index (χ3n) is 2.79. The van der Waals surface area contributed by atoms with Crippen LogP contribution >= 0.6 is 23.2 Å². The maximum Gasteiger partial charge on any atom is 0.493 e. The van der Waals surface area contributed by atoms with E-state index in [1.807, 2.05) is 0 Å². The minimum atomic E-state index is -2.81. The molecule has 0 aromatic heterocycles. The first kappa shape index (κ1) is 19.8. The van der Waals surface area contributed by atoms with Gasteiger partial charge in [-0.05, 0) is 12.8 Å². The smallest absolute Gasteiger partial charge is 0.377 e. The van der Waals surface area contributed by atoms with Crippen LogP contribution in [0.15, 0.2) is 0 Å². The Kier molecular flexibility index (Phi) is 11.0. The van der Waals surface area contributed by atoms with E-state index in [0.29, 0.717) is 23.8 Å². The predicted molar refractivity (Wildman–Crippen MR) is 80.9 cm³/mol. The van der Waals surface area contributed by atoms with Crippen LogP contribution in [0.4, 0.5) is 0 Å². The van der Waals surface area contributed by atoms with Crippen molar-refractivity contribution in [3.05, 3.63) is 0 Å². The first-order valence-corrected chi connectivity index (χ1v) is 11.0. The number of alkyl halides is 2. The zero-order chi connectivity index (χ0) is 14.8. The molecule has 0 atom stereocenters. The fourth-order valence-electron chi connectivity index (χ4n) is 1.65. The van der Waals surface area contributed by atoms with Crippen LogP contribution in [0.25, 0.3) is 0 Å². The first-order valence-electron chi connectivity index (χ1n) is 6.10. The first-order chi connectivity index (χ1) is 9.07. The normalized spacial score (nSPS) is 12.9. The molecule has 0 spiro atoms. The second kappa shape index (κ2) is 10.5. The summed E-state index contributed by atoms with van der Waals surface area (Å²) in [4.78, 5) is 0. The molecule has 116 valence electrons. The van der Waals surface area contributed by atoms with Crippen LogP contribution in [-0.2, 0) is 21.8 Å². The van der Waals surface area contributed by atoms with Gasteiger partial charge in [-0.25, -0.2) is 0 Å². The maximum atomic E-state index is 6.10. The molecule has 0 saturated heterocycles. The summed E-state index contributed by atoms with van der Waals surface area (Å²) in [5.74, 6) is 1.06. The average molecular weight is 351 g/mol. The van der Waals surface area contributed by atoms with Gasteiger partial charge in [-0.1, -0.05) is 0 Å². The highest BCUT2D eigenvalue weighted by Crippen LogP contribution is 2.26. The van der Waals surface area contributed by atoms with Crippen molar-refractivity contribution in [1.82, 2.24) is 0 Å². The van der Waals surface area contributed by atoms with Crippen molar-refractivity contribution >= 4 is 40.8 Å². The lowest BCUT2D eigenvalue weighted by Crippen LogP contribution is -2.57. The molecule has 0 radical (unpaired) electrons. The molecule has 19 heavy (non-hydrogen) atoms. The molecule has 0 aliphatic rings. The lowest BCUT2D eigenvalue weighted by molar-refractivity contribution is 0.0865. The summed E-state index contributed by atoms with van der Waals surface area (Å²) >= 11 is 11.5. The summed E-state index contributed by atoms with van der Waals surface area (Å²) in [6, 6.07) is 1.26. The Morgan fingerprint density at radius 2 is 1.00 bits per heavy atom. The Balaban J connectivity index is 4.90. The SMILES string of the molecule is CO[Si](CCCCl)(OC)O[Si](CCCCl)(OC)OC. The van der Waals surface area contributed by atoms with E-state index in [2.05, 4.69) is 0 Å². The molecule has 0 rings (SSSR count). The van der Waals surface area contributed by atoms with Gasteiger partial charge in [-0.15, -0.1) is 23.2 Å². The van der Waals surface area contributed by atoms with Gasteiger partial charge in [0.2, 0.25) is 0 Å². The summed E-state index contributed by atoms with van der Waals surface area (Å²) in [5, 5.41) is 0. The fraction of sp³-hybridized carbons (Fsp3) is 1.00. The van der Waals surface area contributed by atoms with Crippen molar-refractivity contribution in [1.29, 1.82) is 0 Å². The van der Waals surface area contributed by atoms with Gasteiger partial charge in [0.05, 0.1) is 0 Å². The monoisotopic (exact) mass is 350 g/mol. The van der Waals surface area contributed by atoms with E-state index >= 15 is 0 Å². The molecule has 0 aromatic rings. The lowest BCUT2D eigenvalue weighted by atomic mass is 10.6. The zero-order valence-corrected chi connectivity index (χ0v) is 15.6. The number of hydrogen-bond acceptors (Lipinski definition) is 5. The van der Waals surface area contributed by atoms with Gasteiger partial charge >= 0.3 is 17.6 Å². The standard InChI is InChI=1S/C10H24Cl2O5Si2/c1-13-18(14-2,9-5-7-11)17-19(15-3,16-4)10-6-8-12/h5-10H2,1-4H3. The van der Waals surface area contributed by atoms with Gasteiger partial charge in [-0.3, -0.25) is 0 Å². The Bertz CT molecular complexity index is 206. The van der Waals surface area contributed by atoms with Crippen LogP contribution in [0.3, 0.4) is 0 Å². The van der Waals surface area contributed by atoms with Gasteiger partial charge < -0.3 is 21.8 Å². The van der Waals surface area contributed by atoms with E-state index in [1.54, 1.807) is 28.4 Å². The number of rotatable bonds is 12. The average Bonchev–Trinajstić information content (AvgIpc) is 2.48. The third-order valence-corrected chi connectivity index (χ3v) is 10.2. The molecular weight excluding hydrogens is 327 g/mol. The van der Waals surface area contributed by atoms with Gasteiger partial charge in [0.25, 0.3) is 0 Å². The molecule has 0 unspecified atom stereocenters. The van der Waals surface area contributed by atoms with Crippen molar-refractivity contribution in [3.8, 4) is 0 Å². The quantitative estimate of drug-likeness (QED) is 0.400. The third kappa shape index (κ3) is 6.41. The van der Waals surface area contributed by atoms with Crippen molar-refractivity contribution < 1.29 is 21.8 Å². The largest absolute Gasteiger partial charge is 0.493 e. The fourth-order valence-corrected chi connectivity index (χ4v) is 8.78. The molecule has 0 N–H and O–H groups in total. The van der Waals surface area contributed by atoms with Crippen molar-refractivity contribution in [2.24, 2.45) is 0 Å². The summed E-state index contributed by atoms with van der Waals surface area (Å²) in [7, 11) is 0.702. The molecule has 5 nitrogen and oxygen atoms in total. The van der Waals surface area contributed by atoms with E-state index in [9.17, 15) is 0 Å². The molecule has 0 aromatic carbocycles. The highest BCUT2D eigenvalue weighted by atomic mass is 35.5. The predicted octanol–water partition coefficient (Wildman–Crippen LogP) is 2.72. The van der Waals surface area contributed by atoms with Crippen LogP contribution in [0.1, 0.15) is 12.8 Å². The highest BCUT2D eigenvalue weighted by Gasteiger charge is 2.51. The molecule has 0 fully saturated rings. The molecule has 0 aliphatic heterocycles. The van der Waals surface area contributed by atoms with E-state index in [4.69, 9.17) is 45.0 Å². The van der Waals surface area contributed by atoms with Gasteiger partial charge in [0.15, 0.2) is 0 Å². The minimum Gasteiger partial charge on any atom is -0.377 e. The Labute approximate surface area is 128 Å². The van der Waals surface area contributed by atoms with Crippen LogP contribution in [-0.4, -0.2) is 57.8 Å². The molecular formula is C10H24Cl2O5Si2. The van der Waals surface area contributed by atoms with Crippen molar-refractivity contribution in [2.75, 3.05) is 40.2 Å². The lowest BCUT2D eigenvalue weighted by Gasteiger charge is -2.35. The molecule has 0 aliphatic carbocycles. The molecule has 0 amide bonds. The summed E-state index contributed by atoms with van der Waals surface area (Å²) in [6.07, 6.45) is 1.51. The summed E-state index contributed by atoms with van der Waals surface area (Å²) < 4.78 is 28.1. The van der Waals surface area contributed by atoms with E-state index in [0.717, 1.165) is 12.8 Å². The van der Waals surface area contributed by atoms with Crippen LogP contribution in [0, 0.1) is 0 Å². The van der Waals surface area contributed by atoms with Gasteiger partial charge in [0, 0.05) is 52.3 Å². The van der Waals surface area contributed by atoms with Gasteiger partial charge in [-0.2, -0.15) is 0 Å². The minimum absolute atomic E-state index is 0.529. The van der Waals surface area contributed by atoms with E-state index in [-0.39, 0.29) is 0 Å².